The smallest absolute Gasteiger partial charge is 0.147 e. The minimum Gasteiger partial charge on any atom is -0.505 e. The normalized spacial score (nSPS) is 11.6. The molecular weight excluding hydrogens is 224 g/mol. The summed E-state index contributed by atoms with van der Waals surface area (Å²) >= 11 is 0. The molecule has 2 aromatic heterocycles. The second-order valence-electron chi connectivity index (χ2n) is 5.47. The van der Waals surface area contributed by atoms with Crippen molar-refractivity contribution in [1.29, 1.82) is 0 Å². The van der Waals surface area contributed by atoms with Crippen LogP contribution in [0.25, 0.3) is 11.3 Å². The van der Waals surface area contributed by atoms with Gasteiger partial charge in [0.05, 0.1) is 11.4 Å². The van der Waals surface area contributed by atoms with E-state index < -0.39 is 0 Å². The van der Waals surface area contributed by atoms with Crippen LogP contribution in [-0.4, -0.2) is 15.1 Å². The Balaban J connectivity index is 2.67. The first-order chi connectivity index (χ1) is 8.39. The van der Waals surface area contributed by atoms with Crippen LogP contribution in [0.4, 0.5) is 0 Å². The van der Waals surface area contributed by atoms with E-state index in [-0.39, 0.29) is 11.2 Å². The highest BCUT2D eigenvalue weighted by Crippen LogP contribution is 2.36. The fraction of sp³-hybridized carbons (Fsp3) is 0.333. The predicted molar refractivity (Wildman–Crippen MR) is 72.6 cm³/mol. The van der Waals surface area contributed by atoms with Gasteiger partial charge in [0.15, 0.2) is 0 Å². The van der Waals surface area contributed by atoms with Crippen LogP contribution in [0.2, 0.25) is 0 Å². The Morgan fingerprint density at radius 1 is 1.17 bits per heavy atom. The molecule has 2 heterocycles. The number of aromatic nitrogens is 2. The molecule has 0 amide bonds. The van der Waals surface area contributed by atoms with E-state index in [0.717, 1.165) is 17.0 Å². The molecule has 0 aliphatic carbocycles. The maximum absolute atomic E-state index is 10.4. The number of rotatable bonds is 1. The average molecular weight is 242 g/mol. The molecule has 0 fully saturated rings. The molecule has 94 valence electrons. The molecule has 0 bridgehead atoms. The van der Waals surface area contributed by atoms with Gasteiger partial charge in [-0.2, -0.15) is 0 Å². The number of nitrogens with zero attached hydrogens (tertiary/aromatic N) is 2. The molecule has 1 N–H and O–H groups in total. The van der Waals surface area contributed by atoms with Gasteiger partial charge in [0.1, 0.15) is 5.75 Å². The third-order valence-corrected chi connectivity index (χ3v) is 2.77. The van der Waals surface area contributed by atoms with Gasteiger partial charge in [-0.25, -0.2) is 0 Å². The fourth-order valence-corrected chi connectivity index (χ4v) is 1.91. The second kappa shape index (κ2) is 4.41. The molecule has 3 nitrogen and oxygen atoms in total. The lowest BCUT2D eigenvalue weighted by atomic mass is 9.89. The number of aryl methyl sites for hydroxylation is 1. The maximum Gasteiger partial charge on any atom is 0.147 e. The number of hydrogen-bond acceptors (Lipinski definition) is 3. The van der Waals surface area contributed by atoms with Crippen molar-refractivity contribution in [3.05, 3.63) is 41.9 Å². The Morgan fingerprint density at radius 2 is 1.89 bits per heavy atom. The van der Waals surface area contributed by atoms with Crippen molar-refractivity contribution in [2.45, 2.75) is 33.1 Å². The van der Waals surface area contributed by atoms with Crippen LogP contribution >= 0.6 is 0 Å². The average Bonchev–Trinajstić information content (AvgIpc) is 2.31. The molecule has 0 radical (unpaired) electrons. The van der Waals surface area contributed by atoms with E-state index in [2.05, 4.69) is 9.97 Å². The minimum atomic E-state index is -0.195. The Hall–Kier alpha value is -1.90. The first kappa shape index (κ1) is 12.6. The Morgan fingerprint density at radius 3 is 2.44 bits per heavy atom. The van der Waals surface area contributed by atoms with Gasteiger partial charge in [-0.3, -0.25) is 9.97 Å². The molecule has 2 rings (SSSR count). The van der Waals surface area contributed by atoms with Crippen LogP contribution in [0, 0.1) is 6.92 Å². The van der Waals surface area contributed by atoms with Crippen molar-refractivity contribution >= 4 is 0 Å². The molecule has 0 saturated carbocycles. The second-order valence-corrected chi connectivity index (χ2v) is 5.47. The highest BCUT2D eigenvalue weighted by Gasteiger charge is 2.23. The summed E-state index contributed by atoms with van der Waals surface area (Å²) in [6, 6.07) is 7.53. The van der Waals surface area contributed by atoms with Gasteiger partial charge >= 0.3 is 0 Å². The van der Waals surface area contributed by atoms with E-state index in [4.69, 9.17) is 0 Å². The molecule has 0 spiro atoms. The van der Waals surface area contributed by atoms with Crippen LogP contribution in [0.1, 0.15) is 32.2 Å². The molecule has 0 aromatic carbocycles. The van der Waals surface area contributed by atoms with Crippen LogP contribution in [0.5, 0.6) is 5.75 Å². The predicted octanol–water partition coefficient (Wildman–Crippen LogP) is 3.46. The summed E-state index contributed by atoms with van der Waals surface area (Å²) in [6.07, 6.45) is 1.72. The standard InChI is InChI=1S/C15H18N2O/c1-10-9-11(12-7-5-6-8-16-12)13(18)14(17-10)15(2,3)4/h5-9,18H,1-4H3. The molecule has 0 aliphatic heterocycles. The van der Waals surface area contributed by atoms with Crippen molar-refractivity contribution in [3.8, 4) is 17.0 Å². The SMILES string of the molecule is Cc1cc(-c2ccccn2)c(O)c(C(C)(C)C)n1. The van der Waals surface area contributed by atoms with E-state index in [1.165, 1.54) is 0 Å². The zero-order valence-corrected chi connectivity index (χ0v) is 11.2. The van der Waals surface area contributed by atoms with Crippen LogP contribution in [0.15, 0.2) is 30.5 Å². The lowest BCUT2D eigenvalue weighted by molar-refractivity contribution is 0.439. The fourth-order valence-electron chi connectivity index (χ4n) is 1.91. The van der Waals surface area contributed by atoms with Crippen molar-refractivity contribution in [1.82, 2.24) is 9.97 Å². The lowest BCUT2D eigenvalue weighted by Crippen LogP contribution is -2.14. The van der Waals surface area contributed by atoms with Gasteiger partial charge in [-0.15, -0.1) is 0 Å². The lowest BCUT2D eigenvalue weighted by Gasteiger charge is -2.21. The highest BCUT2D eigenvalue weighted by molar-refractivity contribution is 5.68. The molecule has 3 heteroatoms. The van der Waals surface area contributed by atoms with Crippen molar-refractivity contribution in [3.63, 3.8) is 0 Å². The van der Waals surface area contributed by atoms with Crippen LogP contribution < -0.4 is 0 Å². The first-order valence-electron chi connectivity index (χ1n) is 6.02. The molecule has 0 aliphatic rings. The van der Waals surface area contributed by atoms with Crippen LogP contribution in [0.3, 0.4) is 0 Å². The summed E-state index contributed by atoms with van der Waals surface area (Å²) < 4.78 is 0. The third kappa shape index (κ3) is 2.35. The molecule has 0 saturated heterocycles. The van der Waals surface area contributed by atoms with Gasteiger partial charge < -0.3 is 5.11 Å². The topological polar surface area (TPSA) is 46.0 Å². The number of hydrogen-bond donors (Lipinski definition) is 1. The van der Waals surface area contributed by atoms with Gasteiger partial charge in [0.2, 0.25) is 0 Å². The van der Waals surface area contributed by atoms with Gasteiger partial charge in [0.25, 0.3) is 0 Å². The monoisotopic (exact) mass is 242 g/mol. The summed E-state index contributed by atoms with van der Waals surface area (Å²) in [5.74, 6) is 0.229. The van der Waals surface area contributed by atoms with Crippen LogP contribution in [-0.2, 0) is 5.41 Å². The summed E-state index contributed by atoms with van der Waals surface area (Å²) in [4.78, 5) is 8.74. The van der Waals surface area contributed by atoms with Gasteiger partial charge in [-0.1, -0.05) is 26.8 Å². The molecular formula is C15H18N2O. The minimum absolute atomic E-state index is 0.195. The van der Waals surface area contributed by atoms with Crippen molar-refractivity contribution < 1.29 is 5.11 Å². The highest BCUT2D eigenvalue weighted by atomic mass is 16.3. The van der Waals surface area contributed by atoms with E-state index >= 15 is 0 Å². The van der Waals surface area contributed by atoms with Crippen molar-refractivity contribution in [2.75, 3.05) is 0 Å². The third-order valence-electron chi connectivity index (χ3n) is 2.77. The molecule has 0 unspecified atom stereocenters. The molecule has 0 atom stereocenters. The summed E-state index contributed by atoms with van der Waals surface area (Å²) in [5, 5.41) is 10.4. The largest absolute Gasteiger partial charge is 0.505 e. The molecule has 2 aromatic rings. The summed E-state index contributed by atoms with van der Waals surface area (Å²) in [5.41, 5.74) is 2.92. The Kier molecular flexibility index (Phi) is 3.07. The van der Waals surface area contributed by atoms with E-state index in [9.17, 15) is 5.11 Å². The number of aromatic hydroxyl groups is 1. The quantitative estimate of drug-likeness (QED) is 0.833. The molecule has 18 heavy (non-hydrogen) atoms. The summed E-state index contributed by atoms with van der Waals surface area (Å²) in [6.45, 7) is 8.05. The maximum atomic E-state index is 10.4. The van der Waals surface area contributed by atoms with Crippen molar-refractivity contribution in [2.24, 2.45) is 0 Å². The van der Waals surface area contributed by atoms with Gasteiger partial charge in [0, 0.05) is 22.9 Å². The summed E-state index contributed by atoms with van der Waals surface area (Å²) in [7, 11) is 0. The Labute approximate surface area is 108 Å². The van der Waals surface area contributed by atoms with Gasteiger partial charge in [-0.05, 0) is 25.1 Å². The zero-order chi connectivity index (χ0) is 13.3. The van der Waals surface area contributed by atoms with E-state index in [1.807, 2.05) is 52.0 Å². The first-order valence-corrected chi connectivity index (χ1v) is 6.02. The zero-order valence-electron chi connectivity index (χ0n) is 11.2. The van der Waals surface area contributed by atoms with E-state index in [1.54, 1.807) is 6.20 Å². The number of pyridine rings is 2. The Bertz CT molecular complexity index is 557. The van der Waals surface area contributed by atoms with E-state index in [0.29, 0.717) is 5.69 Å².